The van der Waals surface area contributed by atoms with Crippen LogP contribution in [0.25, 0.3) is 0 Å². The first-order chi connectivity index (χ1) is 9.90. The molecule has 0 rings (SSSR count). The van der Waals surface area contributed by atoms with E-state index < -0.39 is 10.2 Å². The maximum Gasteiger partial charge on any atom is 0.279 e. The Labute approximate surface area is 130 Å². The molecular weight excluding hydrogens is 292 g/mol. The van der Waals surface area contributed by atoms with Crippen molar-refractivity contribution in [2.75, 3.05) is 67.1 Å². The zero-order valence-electron chi connectivity index (χ0n) is 13.9. The summed E-state index contributed by atoms with van der Waals surface area (Å²) >= 11 is 0. The molecule has 0 saturated carbocycles. The predicted octanol–water partition coefficient (Wildman–Crippen LogP) is -0.279. The van der Waals surface area contributed by atoms with Crippen LogP contribution in [0.1, 0.15) is 19.8 Å². The summed E-state index contributed by atoms with van der Waals surface area (Å²) in [6, 6.07) is 0. The van der Waals surface area contributed by atoms with Crippen LogP contribution in [0.5, 0.6) is 0 Å². The Kier molecular flexibility index (Phi) is 12.2. The highest BCUT2D eigenvalue weighted by Crippen LogP contribution is 1.95. The van der Waals surface area contributed by atoms with Crippen LogP contribution >= 0.6 is 0 Å². The lowest BCUT2D eigenvalue weighted by molar-refractivity contribution is 0.122. The minimum absolute atomic E-state index is 0.300. The lowest BCUT2D eigenvalue weighted by Gasteiger charge is -2.18. The third kappa shape index (κ3) is 12.0. The van der Waals surface area contributed by atoms with Gasteiger partial charge in [-0.05, 0) is 40.0 Å². The Balaban J connectivity index is 3.70. The molecule has 7 nitrogen and oxygen atoms in total. The highest BCUT2D eigenvalue weighted by Gasteiger charge is 2.15. The van der Waals surface area contributed by atoms with Crippen LogP contribution in [0, 0.1) is 0 Å². The zero-order valence-corrected chi connectivity index (χ0v) is 14.7. The summed E-state index contributed by atoms with van der Waals surface area (Å²) in [5, 5.41) is 3.25. The maximum atomic E-state index is 11.9. The third-order valence-corrected chi connectivity index (χ3v) is 4.45. The number of rotatable bonds is 14. The fraction of sp³-hybridized carbons (Fsp3) is 1.00. The average molecular weight is 324 g/mol. The van der Waals surface area contributed by atoms with Crippen LogP contribution in [0.15, 0.2) is 0 Å². The van der Waals surface area contributed by atoms with E-state index in [1.807, 2.05) is 19.0 Å². The van der Waals surface area contributed by atoms with Crippen molar-refractivity contribution in [3.8, 4) is 0 Å². The summed E-state index contributed by atoms with van der Waals surface area (Å²) in [5.74, 6) is 0. The quantitative estimate of drug-likeness (QED) is 0.430. The maximum absolute atomic E-state index is 11.9. The van der Waals surface area contributed by atoms with E-state index in [9.17, 15) is 8.42 Å². The van der Waals surface area contributed by atoms with Crippen LogP contribution in [0.4, 0.5) is 0 Å². The number of nitrogens with one attached hydrogen (secondary N) is 2. The summed E-state index contributed by atoms with van der Waals surface area (Å²) in [6.45, 7) is 6.54. The predicted molar refractivity (Wildman–Crippen MR) is 86.7 cm³/mol. The third-order valence-electron chi connectivity index (χ3n) is 2.88. The van der Waals surface area contributed by atoms with E-state index in [1.54, 1.807) is 7.05 Å². The van der Waals surface area contributed by atoms with Gasteiger partial charge in [0.05, 0.1) is 13.2 Å². The van der Waals surface area contributed by atoms with Gasteiger partial charge in [-0.3, -0.25) is 0 Å². The standard InChI is InChI=1S/C13H32N4O3S/c1-5-7-14-8-6-10-17(4)21(18,19)15-9-12-20-13-11-16(2)3/h14-15H,5-13H2,1-4H3. The van der Waals surface area contributed by atoms with Gasteiger partial charge >= 0.3 is 0 Å². The molecule has 0 bridgehead atoms. The first-order valence-electron chi connectivity index (χ1n) is 7.54. The molecule has 0 aliphatic heterocycles. The Morgan fingerprint density at radius 3 is 2.33 bits per heavy atom. The first-order valence-corrected chi connectivity index (χ1v) is 8.98. The Hall–Kier alpha value is -0.250. The van der Waals surface area contributed by atoms with Gasteiger partial charge in [-0.1, -0.05) is 6.92 Å². The number of hydrogen-bond acceptors (Lipinski definition) is 5. The summed E-state index contributed by atoms with van der Waals surface area (Å²) in [6.07, 6.45) is 1.89. The number of hydrogen-bond donors (Lipinski definition) is 2. The highest BCUT2D eigenvalue weighted by atomic mass is 32.2. The van der Waals surface area contributed by atoms with Crippen LogP contribution in [-0.2, 0) is 14.9 Å². The number of likely N-dealkylation sites (N-methyl/N-ethyl adjacent to an activating group) is 1. The molecule has 21 heavy (non-hydrogen) atoms. The van der Waals surface area contributed by atoms with Crippen LogP contribution in [0.3, 0.4) is 0 Å². The van der Waals surface area contributed by atoms with Gasteiger partial charge in [-0.25, -0.2) is 0 Å². The van der Waals surface area contributed by atoms with Gasteiger partial charge in [-0.15, -0.1) is 0 Å². The van der Waals surface area contributed by atoms with Crippen molar-refractivity contribution in [2.24, 2.45) is 0 Å². The fourth-order valence-corrected chi connectivity index (χ4v) is 2.48. The topological polar surface area (TPSA) is 73.9 Å². The molecule has 0 spiro atoms. The van der Waals surface area contributed by atoms with Crippen molar-refractivity contribution in [3.05, 3.63) is 0 Å². The molecule has 128 valence electrons. The minimum atomic E-state index is -3.39. The number of nitrogens with zero attached hydrogens (tertiary/aromatic N) is 2. The van der Waals surface area contributed by atoms with E-state index >= 15 is 0 Å². The summed E-state index contributed by atoms with van der Waals surface area (Å²) in [4.78, 5) is 2.02. The minimum Gasteiger partial charge on any atom is -0.379 e. The lowest BCUT2D eigenvalue weighted by atomic mass is 10.4. The summed E-state index contributed by atoms with van der Waals surface area (Å²) in [5.41, 5.74) is 0. The van der Waals surface area contributed by atoms with Gasteiger partial charge in [0.25, 0.3) is 10.2 Å². The van der Waals surface area contributed by atoms with Crippen molar-refractivity contribution in [2.45, 2.75) is 19.8 Å². The molecule has 0 radical (unpaired) electrons. The van der Waals surface area contributed by atoms with Gasteiger partial charge in [-0.2, -0.15) is 17.4 Å². The van der Waals surface area contributed by atoms with Crippen molar-refractivity contribution < 1.29 is 13.2 Å². The molecular formula is C13H32N4O3S. The molecule has 0 amide bonds. The lowest BCUT2D eigenvalue weighted by Crippen LogP contribution is -2.40. The molecule has 0 atom stereocenters. The van der Waals surface area contributed by atoms with Gasteiger partial charge < -0.3 is 15.0 Å². The van der Waals surface area contributed by atoms with E-state index in [-0.39, 0.29) is 0 Å². The normalized spacial score (nSPS) is 12.5. The molecule has 0 aromatic carbocycles. The molecule has 8 heteroatoms. The van der Waals surface area contributed by atoms with Crippen LogP contribution in [0.2, 0.25) is 0 Å². The van der Waals surface area contributed by atoms with Gasteiger partial charge in [0.1, 0.15) is 0 Å². The van der Waals surface area contributed by atoms with Crippen molar-refractivity contribution >= 4 is 10.2 Å². The van der Waals surface area contributed by atoms with Crippen LogP contribution in [-0.4, -0.2) is 84.7 Å². The molecule has 0 saturated heterocycles. The Morgan fingerprint density at radius 1 is 1.00 bits per heavy atom. The average Bonchev–Trinajstić information content (AvgIpc) is 2.41. The first kappa shape index (κ1) is 20.8. The molecule has 0 aromatic rings. The second-order valence-corrected chi connectivity index (χ2v) is 7.10. The molecule has 2 N–H and O–H groups in total. The second-order valence-electron chi connectivity index (χ2n) is 5.24. The Morgan fingerprint density at radius 2 is 1.71 bits per heavy atom. The van der Waals surface area contributed by atoms with Gasteiger partial charge in [0.15, 0.2) is 0 Å². The zero-order chi connectivity index (χ0) is 16.1. The largest absolute Gasteiger partial charge is 0.379 e. The highest BCUT2D eigenvalue weighted by molar-refractivity contribution is 7.87. The van der Waals surface area contributed by atoms with Crippen molar-refractivity contribution in [1.82, 2.24) is 19.2 Å². The Bertz CT molecular complexity index is 336. The molecule has 0 aliphatic rings. The molecule has 0 unspecified atom stereocenters. The molecule has 0 aliphatic carbocycles. The second kappa shape index (κ2) is 12.3. The smallest absolute Gasteiger partial charge is 0.279 e. The van der Waals surface area contributed by atoms with E-state index in [0.29, 0.717) is 26.3 Å². The van der Waals surface area contributed by atoms with E-state index in [1.165, 1.54) is 4.31 Å². The van der Waals surface area contributed by atoms with E-state index in [0.717, 1.165) is 32.5 Å². The summed E-state index contributed by atoms with van der Waals surface area (Å²) in [7, 11) is 2.14. The summed E-state index contributed by atoms with van der Waals surface area (Å²) < 4.78 is 33.1. The van der Waals surface area contributed by atoms with Crippen molar-refractivity contribution in [3.63, 3.8) is 0 Å². The van der Waals surface area contributed by atoms with Crippen molar-refractivity contribution in [1.29, 1.82) is 0 Å². The van der Waals surface area contributed by atoms with E-state index in [2.05, 4.69) is 17.0 Å². The SMILES string of the molecule is CCCNCCCN(C)S(=O)(=O)NCCOCCN(C)C. The van der Waals surface area contributed by atoms with Gasteiger partial charge in [0.2, 0.25) is 0 Å². The van der Waals surface area contributed by atoms with E-state index in [4.69, 9.17) is 4.74 Å². The number of ether oxygens (including phenoxy) is 1. The molecule has 0 heterocycles. The monoisotopic (exact) mass is 324 g/mol. The molecule has 0 aromatic heterocycles. The molecule has 0 fully saturated rings. The van der Waals surface area contributed by atoms with Crippen LogP contribution < -0.4 is 10.0 Å². The fourth-order valence-electron chi connectivity index (χ4n) is 1.55. The van der Waals surface area contributed by atoms with Gasteiger partial charge in [0, 0.05) is 26.7 Å².